The summed E-state index contributed by atoms with van der Waals surface area (Å²) in [6, 6.07) is 0. The van der Waals surface area contributed by atoms with Gasteiger partial charge in [0.1, 0.15) is 6.54 Å². The Morgan fingerprint density at radius 2 is 1.44 bits per heavy atom. The van der Waals surface area contributed by atoms with Gasteiger partial charge in [0.05, 0.1) is 13.1 Å². The summed E-state index contributed by atoms with van der Waals surface area (Å²) in [7, 11) is 0. The molecule has 1 heterocycles. The summed E-state index contributed by atoms with van der Waals surface area (Å²) in [5.74, 6) is 1.24. The Bertz CT molecular complexity index is 417. The van der Waals surface area contributed by atoms with E-state index in [0.29, 0.717) is 4.48 Å². The fourth-order valence-electron chi connectivity index (χ4n) is 4.29. The number of aliphatic imine (C=N–C) groups is 1. The number of hydrogen-bond acceptors (Lipinski definition) is 2. The lowest BCUT2D eigenvalue weighted by Gasteiger charge is -2.36. The van der Waals surface area contributed by atoms with Crippen molar-refractivity contribution in [3.05, 3.63) is 12.2 Å². The molecule has 3 nitrogen and oxygen atoms in total. The predicted octanol–water partition coefficient (Wildman–Crippen LogP) is 6.61. The number of likely N-dealkylation sites (N-methyl/N-ethyl adjacent to an activating group) is 1. The number of nitrogens with zero attached hydrogens (tertiary/aromatic N) is 2. The second-order valence-electron chi connectivity index (χ2n) is 8.34. The number of hydrogen-bond donors (Lipinski definition) is 1. The molecule has 1 rings (SSSR count). The topological polar surface area (TPSA) is 32.6 Å². The van der Waals surface area contributed by atoms with Gasteiger partial charge in [0, 0.05) is 13.3 Å². The number of amidine groups is 1. The maximum atomic E-state index is 10.2. The maximum Gasteiger partial charge on any atom is 0.200 e. The van der Waals surface area contributed by atoms with E-state index >= 15 is 0 Å². The van der Waals surface area contributed by atoms with Crippen molar-refractivity contribution < 1.29 is 9.59 Å². The Balaban J connectivity index is 1.95. The third-order valence-electron chi connectivity index (χ3n) is 6.25. The monoisotopic (exact) mass is 379 g/mol. The first-order chi connectivity index (χ1) is 13.2. The number of aliphatic hydroxyl groups excluding tert-OH is 1. The number of allylic oxidation sites excluding steroid dienone is 2. The van der Waals surface area contributed by atoms with Crippen LogP contribution in [0.3, 0.4) is 0 Å². The van der Waals surface area contributed by atoms with Crippen LogP contribution in [0.15, 0.2) is 17.1 Å². The number of rotatable bonds is 17. The van der Waals surface area contributed by atoms with Crippen LogP contribution >= 0.6 is 0 Å². The third kappa shape index (κ3) is 9.38. The van der Waals surface area contributed by atoms with Crippen LogP contribution in [0.4, 0.5) is 0 Å². The van der Waals surface area contributed by atoms with Crippen molar-refractivity contribution in [3.8, 4) is 0 Å². The minimum absolute atomic E-state index is 0.319. The predicted molar refractivity (Wildman–Crippen MR) is 119 cm³/mol. The molecular weight excluding hydrogens is 332 g/mol. The molecule has 0 saturated heterocycles. The lowest BCUT2D eigenvalue weighted by molar-refractivity contribution is -0.882. The normalized spacial score (nSPS) is 21.1. The van der Waals surface area contributed by atoms with Crippen molar-refractivity contribution in [1.29, 1.82) is 0 Å². The molecule has 0 radical (unpaired) electrons. The number of aliphatic hydroxyl groups is 1. The van der Waals surface area contributed by atoms with Crippen LogP contribution in [0.25, 0.3) is 0 Å². The van der Waals surface area contributed by atoms with Gasteiger partial charge in [0.25, 0.3) is 0 Å². The molecule has 0 spiro atoms. The molecule has 1 aliphatic heterocycles. The summed E-state index contributed by atoms with van der Waals surface area (Å²) < 4.78 is 0.713. The molecule has 0 aromatic carbocycles. The minimum Gasteiger partial charge on any atom is -0.345 e. The molecule has 1 aliphatic rings. The van der Waals surface area contributed by atoms with Gasteiger partial charge in [-0.25, -0.2) is 4.99 Å². The van der Waals surface area contributed by atoms with Crippen molar-refractivity contribution in [1.82, 2.24) is 0 Å². The Morgan fingerprint density at radius 3 is 2.00 bits per heavy atom. The van der Waals surface area contributed by atoms with Crippen molar-refractivity contribution in [2.45, 2.75) is 117 Å². The standard InChI is InChI=1S/C24H47N2O/c1-4-6-7-8-9-10-11-12-13-14-15-16-17-18-19-20-24-25-21-22-26(24,5-2)23(3)27/h11-12,23,27H,4-10,13-22H2,1-3H3/q+1/b12-11+. The zero-order valence-electron chi connectivity index (χ0n) is 18.6. The summed E-state index contributed by atoms with van der Waals surface area (Å²) in [6.07, 6.45) is 22.9. The molecule has 0 aromatic heterocycles. The summed E-state index contributed by atoms with van der Waals surface area (Å²) in [6.45, 7) is 9.21. The molecule has 0 fully saturated rings. The van der Waals surface area contributed by atoms with Gasteiger partial charge in [-0.15, -0.1) is 0 Å². The molecule has 0 bridgehead atoms. The van der Waals surface area contributed by atoms with Crippen LogP contribution in [0.5, 0.6) is 0 Å². The maximum absolute atomic E-state index is 10.2. The van der Waals surface area contributed by atoms with Crippen molar-refractivity contribution in [2.24, 2.45) is 4.99 Å². The molecular formula is C24H47N2O+. The second kappa shape index (κ2) is 15.3. The lowest BCUT2D eigenvalue weighted by atomic mass is 10.1. The molecule has 0 saturated carbocycles. The van der Waals surface area contributed by atoms with E-state index in [1.807, 2.05) is 6.92 Å². The van der Waals surface area contributed by atoms with Crippen molar-refractivity contribution in [3.63, 3.8) is 0 Å². The number of unbranched alkanes of at least 4 members (excludes halogenated alkanes) is 11. The van der Waals surface area contributed by atoms with Gasteiger partial charge < -0.3 is 5.11 Å². The van der Waals surface area contributed by atoms with Crippen LogP contribution in [-0.4, -0.2) is 41.3 Å². The zero-order chi connectivity index (χ0) is 19.8. The fraction of sp³-hybridized carbons (Fsp3) is 0.875. The Morgan fingerprint density at radius 1 is 0.889 bits per heavy atom. The highest BCUT2D eigenvalue weighted by Crippen LogP contribution is 2.23. The Labute approximate surface area is 169 Å². The first-order valence-corrected chi connectivity index (χ1v) is 11.9. The zero-order valence-corrected chi connectivity index (χ0v) is 18.6. The van der Waals surface area contributed by atoms with Gasteiger partial charge in [0.2, 0.25) is 5.84 Å². The van der Waals surface area contributed by atoms with Crippen LogP contribution in [0.2, 0.25) is 0 Å². The molecule has 2 unspecified atom stereocenters. The molecule has 158 valence electrons. The fourth-order valence-corrected chi connectivity index (χ4v) is 4.29. The highest BCUT2D eigenvalue weighted by Gasteiger charge is 2.40. The number of quaternary nitrogens is 1. The largest absolute Gasteiger partial charge is 0.345 e. The van der Waals surface area contributed by atoms with Gasteiger partial charge >= 0.3 is 0 Å². The second-order valence-corrected chi connectivity index (χ2v) is 8.34. The highest BCUT2D eigenvalue weighted by molar-refractivity contribution is 5.76. The summed E-state index contributed by atoms with van der Waals surface area (Å²) in [5, 5.41) is 10.2. The molecule has 0 amide bonds. The van der Waals surface area contributed by atoms with Gasteiger partial charge in [-0.3, -0.25) is 4.48 Å². The van der Waals surface area contributed by atoms with E-state index in [4.69, 9.17) is 4.99 Å². The molecule has 3 heteroatoms. The molecule has 2 atom stereocenters. The van der Waals surface area contributed by atoms with Crippen LogP contribution < -0.4 is 0 Å². The Hall–Kier alpha value is -0.670. The van der Waals surface area contributed by atoms with Crippen molar-refractivity contribution >= 4 is 5.84 Å². The van der Waals surface area contributed by atoms with E-state index in [2.05, 4.69) is 26.0 Å². The van der Waals surface area contributed by atoms with Crippen LogP contribution in [-0.2, 0) is 0 Å². The van der Waals surface area contributed by atoms with E-state index in [1.54, 1.807) is 0 Å². The lowest BCUT2D eigenvalue weighted by Crippen LogP contribution is -2.56. The first-order valence-electron chi connectivity index (χ1n) is 11.9. The summed E-state index contributed by atoms with van der Waals surface area (Å²) in [4.78, 5) is 4.71. The van der Waals surface area contributed by atoms with E-state index in [1.165, 1.54) is 89.3 Å². The molecule has 0 aliphatic carbocycles. The first kappa shape index (κ1) is 24.4. The molecule has 27 heavy (non-hydrogen) atoms. The SMILES string of the molecule is CCCCCCC/C=C/CCCCCCCCC1=NCC[N+]1(CC)C(C)O. The van der Waals surface area contributed by atoms with E-state index in [-0.39, 0.29) is 6.23 Å². The van der Waals surface area contributed by atoms with Gasteiger partial charge in [-0.2, -0.15) is 0 Å². The van der Waals surface area contributed by atoms with Crippen LogP contribution in [0, 0.1) is 0 Å². The minimum atomic E-state index is -0.319. The van der Waals surface area contributed by atoms with Crippen LogP contribution in [0.1, 0.15) is 111 Å². The highest BCUT2D eigenvalue weighted by atomic mass is 16.3. The van der Waals surface area contributed by atoms with E-state index in [9.17, 15) is 5.11 Å². The summed E-state index contributed by atoms with van der Waals surface area (Å²) >= 11 is 0. The average Bonchev–Trinajstić information content (AvgIpc) is 3.09. The van der Waals surface area contributed by atoms with Crippen molar-refractivity contribution in [2.75, 3.05) is 19.6 Å². The van der Waals surface area contributed by atoms with Gasteiger partial charge in [-0.05, 0) is 39.0 Å². The Kier molecular flexibility index (Phi) is 13.8. The average molecular weight is 380 g/mol. The van der Waals surface area contributed by atoms with E-state index < -0.39 is 0 Å². The quantitative estimate of drug-likeness (QED) is 0.172. The smallest absolute Gasteiger partial charge is 0.200 e. The van der Waals surface area contributed by atoms with E-state index in [0.717, 1.165) is 26.1 Å². The molecule has 1 N–H and O–H groups in total. The summed E-state index contributed by atoms with van der Waals surface area (Å²) in [5.41, 5.74) is 0. The third-order valence-corrected chi connectivity index (χ3v) is 6.25. The van der Waals surface area contributed by atoms with Gasteiger partial charge in [-0.1, -0.05) is 70.4 Å². The van der Waals surface area contributed by atoms with Gasteiger partial charge in [0.15, 0.2) is 6.23 Å². The molecule has 0 aromatic rings.